The van der Waals surface area contributed by atoms with Crippen LogP contribution in [-0.4, -0.2) is 38.9 Å². The predicted octanol–water partition coefficient (Wildman–Crippen LogP) is 1.32. The molecule has 0 amide bonds. The van der Waals surface area contributed by atoms with Crippen LogP contribution >= 0.6 is 0 Å². The van der Waals surface area contributed by atoms with Gasteiger partial charge in [0.1, 0.15) is 0 Å². The van der Waals surface area contributed by atoms with E-state index in [1.54, 1.807) is 24.1 Å². The summed E-state index contributed by atoms with van der Waals surface area (Å²) < 4.78 is 12.3. The van der Waals surface area contributed by atoms with Crippen LogP contribution in [0.5, 0.6) is 17.8 Å². The summed E-state index contributed by atoms with van der Waals surface area (Å²) in [6.07, 6.45) is 4.41. The van der Waals surface area contributed by atoms with E-state index >= 15 is 0 Å². The van der Waals surface area contributed by atoms with E-state index in [1.165, 1.54) is 7.11 Å². The van der Waals surface area contributed by atoms with Gasteiger partial charge in [-0.2, -0.15) is 15.1 Å². The number of nitrogens with zero attached hydrogens (tertiary/aromatic N) is 5. The average molecular weight is 264 g/mol. The highest BCUT2D eigenvalue weighted by Gasteiger charge is 2.09. The lowest BCUT2D eigenvalue weighted by atomic mass is 10.5. The minimum atomic E-state index is 0.159. The molecular formula is C11H16N6O2. The van der Waals surface area contributed by atoms with Crippen molar-refractivity contribution in [1.82, 2.24) is 24.7 Å². The van der Waals surface area contributed by atoms with Gasteiger partial charge < -0.3 is 14.8 Å². The highest BCUT2D eigenvalue weighted by molar-refractivity contribution is 5.28. The maximum atomic E-state index is 5.52. The standard InChI is InChI=1S/C11H16N6O2/c1-4-5-17-7-8(6-13-17)19-11-15-9(12-2)14-10(16-11)18-3/h6-7H,4-5H2,1-3H3,(H,12,14,15,16). The van der Waals surface area contributed by atoms with Crippen LogP contribution in [0.25, 0.3) is 0 Å². The van der Waals surface area contributed by atoms with Gasteiger partial charge in [-0.25, -0.2) is 0 Å². The molecule has 8 heteroatoms. The molecule has 0 aliphatic rings. The molecule has 19 heavy (non-hydrogen) atoms. The number of aromatic nitrogens is 5. The molecule has 0 unspecified atom stereocenters. The van der Waals surface area contributed by atoms with E-state index in [0.29, 0.717) is 11.7 Å². The Morgan fingerprint density at radius 1 is 1.26 bits per heavy atom. The van der Waals surface area contributed by atoms with Crippen LogP contribution in [-0.2, 0) is 6.54 Å². The smallest absolute Gasteiger partial charge is 0.330 e. The Morgan fingerprint density at radius 2 is 2.05 bits per heavy atom. The maximum Gasteiger partial charge on any atom is 0.330 e. The zero-order valence-electron chi connectivity index (χ0n) is 11.1. The van der Waals surface area contributed by atoms with Crippen molar-refractivity contribution in [1.29, 1.82) is 0 Å². The summed E-state index contributed by atoms with van der Waals surface area (Å²) in [5.74, 6) is 0.951. The quantitative estimate of drug-likeness (QED) is 0.841. The van der Waals surface area contributed by atoms with Crippen LogP contribution in [0.15, 0.2) is 12.4 Å². The molecule has 102 valence electrons. The van der Waals surface area contributed by atoms with Crippen molar-refractivity contribution in [2.24, 2.45) is 0 Å². The molecular weight excluding hydrogens is 248 g/mol. The van der Waals surface area contributed by atoms with Gasteiger partial charge in [0.05, 0.1) is 19.5 Å². The molecule has 0 fully saturated rings. The Kier molecular flexibility index (Phi) is 4.11. The first-order chi connectivity index (χ1) is 9.25. The Balaban J connectivity index is 2.16. The SMILES string of the molecule is CCCn1cc(Oc2nc(NC)nc(OC)n2)cn1. The van der Waals surface area contributed by atoms with Crippen molar-refractivity contribution in [2.75, 3.05) is 19.5 Å². The minimum absolute atomic E-state index is 0.159. The number of hydrogen-bond donors (Lipinski definition) is 1. The lowest BCUT2D eigenvalue weighted by molar-refractivity contribution is 0.360. The van der Waals surface area contributed by atoms with E-state index in [9.17, 15) is 0 Å². The molecule has 8 nitrogen and oxygen atoms in total. The normalized spacial score (nSPS) is 10.3. The molecule has 0 spiro atoms. The molecule has 0 atom stereocenters. The lowest BCUT2D eigenvalue weighted by Gasteiger charge is -2.05. The molecule has 2 heterocycles. The van der Waals surface area contributed by atoms with E-state index in [4.69, 9.17) is 9.47 Å². The molecule has 0 aromatic carbocycles. The number of aryl methyl sites for hydroxylation is 1. The molecule has 0 saturated carbocycles. The van der Waals surface area contributed by atoms with Gasteiger partial charge in [0, 0.05) is 13.6 Å². The molecule has 0 aliphatic heterocycles. The predicted molar refractivity (Wildman–Crippen MR) is 68.5 cm³/mol. The van der Waals surface area contributed by atoms with Crippen LogP contribution < -0.4 is 14.8 Å². The summed E-state index contributed by atoms with van der Waals surface area (Å²) in [6.45, 7) is 2.92. The number of nitrogens with one attached hydrogen (secondary N) is 1. The molecule has 1 N–H and O–H groups in total. The third kappa shape index (κ3) is 3.30. The lowest BCUT2D eigenvalue weighted by Crippen LogP contribution is -2.03. The van der Waals surface area contributed by atoms with Gasteiger partial charge in [-0.3, -0.25) is 4.68 Å². The zero-order chi connectivity index (χ0) is 13.7. The van der Waals surface area contributed by atoms with Crippen LogP contribution in [0.1, 0.15) is 13.3 Å². The maximum absolute atomic E-state index is 5.52. The van der Waals surface area contributed by atoms with Crippen molar-refractivity contribution in [3.8, 4) is 17.8 Å². The second-order valence-electron chi connectivity index (χ2n) is 3.72. The van der Waals surface area contributed by atoms with Gasteiger partial charge in [-0.15, -0.1) is 4.98 Å². The summed E-state index contributed by atoms with van der Waals surface area (Å²) in [6, 6.07) is 0.350. The highest BCUT2D eigenvalue weighted by atomic mass is 16.5. The summed E-state index contributed by atoms with van der Waals surface area (Å²) >= 11 is 0. The van der Waals surface area contributed by atoms with Crippen molar-refractivity contribution in [3.05, 3.63) is 12.4 Å². The largest absolute Gasteiger partial charge is 0.467 e. The minimum Gasteiger partial charge on any atom is -0.467 e. The van der Waals surface area contributed by atoms with Gasteiger partial charge in [0.25, 0.3) is 0 Å². The van der Waals surface area contributed by atoms with Crippen LogP contribution in [0, 0.1) is 0 Å². The summed E-state index contributed by atoms with van der Waals surface area (Å²) in [5, 5.41) is 6.97. The molecule has 2 aromatic rings. The first-order valence-electron chi connectivity index (χ1n) is 5.93. The Hall–Kier alpha value is -2.38. The van der Waals surface area contributed by atoms with E-state index in [1.807, 2.05) is 0 Å². The number of methoxy groups -OCH3 is 1. The fourth-order valence-corrected chi connectivity index (χ4v) is 1.44. The first kappa shape index (κ1) is 13.1. The van der Waals surface area contributed by atoms with Gasteiger partial charge in [0.15, 0.2) is 5.75 Å². The number of anilines is 1. The number of ether oxygens (including phenoxy) is 2. The average Bonchev–Trinajstić information content (AvgIpc) is 2.86. The van der Waals surface area contributed by atoms with Gasteiger partial charge in [-0.05, 0) is 6.42 Å². The monoisotopic (exact) mass is 264 g/mol. The van der Waals surface area contributed by atoms with Crippen LogP contribution in [0.4, 0.5) is 5.95 Å². The van der Waals surface area contributed by atoms with E-state index in [-0.39, 0.29) is 12.0 Å². The van der Waals surface area contributed by atoms with Crippen molar-refractivity contribution >= 4 is 5.95 Å². The molecule has 0 radical (unpaired) electrons. The molecule has 0 bridgehead atoms. The topological polar surface area (TPSA) is 87.0 Å². The van der Waals surface area contributed by atoms with Gasteiger partial charge >= 0.3 is 12.0 Å². The molecule has 0 saturated heterocycles. The second kappa shape index (κ2) is 5.98. The Morgan fingerprint density at radius 3 is 2.74 bits per heavy atom. The van der Waals surface area contributed by atoms with E-state index < -0.39 is 0 Å². The third-order valence-corrected chi connectivity index (χ3v) is 2.27. The van der Waals surface area contributed by atoms with E-state index in [2.05, 4.69) is 32.3 Å². The molecule has 2 aromatic heterocycles. The molecule has 0 aliphatic carbocycles. The third-order valence-electron chi connectivity index (χ3n) is 2.27. The first-order valence-corrected chi connectivity index (χ1v) is 5.93. The highest BCUT2D eigenvalue weighted by Crippen LogP contribution is 2.19. The van der Waals surface area contributed by atoms with Crippen LogP contribution in [0.3, 0.4) is 0 Å². The molecule has 2 rings (SSSR count). The fraction of sp³-hybridized carbons (Fsp3) is 0.455. The van der Waals surface area contributed by atoms with Crippen molar-refractivity contribution in [3.63, 3.8) is 0 Å². The van der Waals surface area contributed by atoms with E-state index in [0.717, 1.165) is 13.0 Å². The second-order valence-corrected chi connectivity index (χ2v) is 3.72. The summed E-state index contributed by atoms with van der Waals surface area (Å²) in [7, 11) is 3.19. The zero-order valence-corrected chi connectivity index (χ0v) is 11.1. The van der Waals surface area contributed by atoms with Crippen LogP contribution in [0.2, 0.25) is 0 Å². The Labute approximate surface area is 110 Å². The number of rotatable bonds is 6. The Bertz CT molecular complexity index is 519. The van der Waals surface area contributed by atoms with Crippen molar-refractivity contribution < 1.29 is 9.47 Å². The fourth-order valence-electron chi connectivity index (χ4n) is 1.44. The van der Waals surface area contributed by atoms with Gasteiger partial charge in [-0.1, -0.05) is 6.92 Å². The summed E-state index contributed by atoms with van der Waals surface area (Å²) in [5.41, 5.74) is 0. The summed E-state index contributed by atoms with van der Waals surface area (Å²) in [4.78, 5) is 12.1. The number of hydrogen-bond acceptors (Lipinski definition) is 7. The van der Waals surface area contributed by atoms with Gasteiger partial charge in [0.2, 0.25) is 5.95 Å². The van der Waals surface area contributed by atoms with Crippen molar-refractivity contribution in [2.45, 2.75) is 19.9 Å².